The van der Waals surface area contributed by atoms with E-state index >= 15 is 0 Å². The molecule has 1 fully saturated rings. The van der Waals surface area contributed by atoms with Crippen LogP contribution in [0.25, 0.3) is 27.7 Å². The van der Waals surface area contributed by atoms with E-state index in [1.165, 1.54) is 32.1 Å². The highest BCUT2D eigenvalue weighted by molar-refractivity contribution is 5.86. The number of fused-ring (bicyclic) bond motifs is 2. The summed E-state index contributed by atoms with van der Waals surface area (Å²) in [6.45, 7) is 0. The van der Waals surface area contributed by atoms with Gasteiger partial charge in [0.1, 0.15) is 0 Å². The molecule has 138 valence electrons. The van der Waals surface area contributed by atoms with Gasteiger partial charge in [-0.2, -0.15) is 0 Å². The van der Waals surface area contributed by atoms with Crippen LogP contribution in [0.4, 0.5) is 5.95 Å². The molecule has 0 aliphatic heterocycles. The van der Waals surface area contributed by atoms with Crippen molar-refractivity contribution >= 4 is 22.5 Å². The third-order valence-corrected chi connectivity index (χ3v) is 4.86. The molecule has 0 unspecified atom stereocenters. The van der Waals surface area contributed by atoms with Crippen LogP contribution in [0.3, 0.4) is 0 Å². The fourth-order valence-corrected chi connectivity index (χ4v) is 3.42. The molecule has 7 heteroatoms. The normalized spacial score (nSPS) is 14.9. The van der Waals surface area contributed by atoms with Gasteiger partial charge in [0.25, 0.3) is 0 Å². The second kappa shape index (κ2) is 7.67. The molecular formula is C20H23N7. The van der Waals surface area contributed by atoms with E-state index in [9.17, 15) is 0 Å². The van der Waals surface area contributed by atoms with Gasteiger partial charge in [0.05, 0.1) is 22.7 Å². The first-order valence-electron chi connectivity index (χ1n) is 9.27. The fraction of sp³-hybridized carbons (Fsp3) is 0.300. The Balaban J connectivity index is 0.000000218. The van der Waals surface area contributed by atoms with Crippen molar-refractivity contribution in [3.63, 3.8) is 0 Å². The summed E-state index contributed by atoms with van der Waals surface area (Å²) < 4.78 is 1.72. The Morgan fingerprint density at radius 1 is 0.926 bits per heavy atom. The number of rotatable bonds is 1. The maximum Gasteiger partial charge on any atom is 0.238 e. The molecule has 0 amide bonds. The van der Waals surface area contributed by atoms with Crippen molar-refractivity contribution in [2.75, 3.05) is 5.73 Å². The summed E-state index contributed by atoms with van der Waals surface area (Å²) in [4.78, 5) is 12.6. The summed E-state index contributed by atoms with van der Waals surface area (Å²) in [6.07, 6.45) is 13.6. The number of hydrogen-bond acceptors (Lipinski definition) is 6. The maximum absolute atomic E-state index is 5.63. The van der Waals surface area contributed by atoms with E-state index in [1.54, 1.807) is 23.1 Å². The van der Waals surface area contributed by atoms with Crippen LogP contribution in [0.1, 0.15) is 32.1 Å². The molecule has 0 bridgehead atoms. The first-order valence-corrected chi connectivity index (χ1v) is 9.27. The smallest absolute Gasteiger partial charge is 0.238 e. The van der Waals surface area contributed by atoms with Gasteiger partial charge in [-0.05, 0) is 36.6 Å². The summed E-state index contributed by atoms with van der Waals surface area (Å²) in [5, 5.41) is 4.14. The van der Waals surface area contributed by atoms with Crippen molar-refractivity contribution < 1.29 is 0 Å². The molecular weight excluding hydrogens is 338 g/mol. The topological polar surface area (TPSA) is 108 Å². The van der Waals surface area contributed by atoms with E-state index in [1.807, 2.05) is 30.5 Å². The summed E-state index contributed by atoms with van der Waals surface area (Å²) in [6, 6.07) is 8.51. The minimum atomic E-state index is 0.254. The quantitative estimate of drug-likeness (QED) is 0.539. The average molecular weight is 361 g/mol. The predicted molar refractivity (Wildman–Crippen MR) is 107 cm³/mol. The van der Waals surface area contributed by atoms with Crippen LogP contribution in [-0.4, -0.2) is 30.6 Å². The largest absolute Gasteiger partial charge is 0.367 e. The average Bonchev–Trinajstić information content (AvgIpc) is 3.12. The molecule has 4 aromatic rings. The van der Waals surface area contributed by atoms with Crippen molar-refractivity contribution in [1.82, 2.24) is 24.6 Å². The number of nitrogens with zero attached hydrogens (tertiary/aromatic N) is 5. The lowest BCUT2D eigenvalue weighted by molar-refractivity contribution is 0.441. The molecule has 3 aromatic heterocycles. The highest BCUT2D eigenvalue weighted by Crippen LogP contribution is 2.27. The SMILES string of the molecule is NC1CCCCC1.Nc1ncc2c(-c3ccc4nccnc4c3)ccn2n1. The third kappa shape index (κ3) is 3.88. The molecule has 27 heavy (non-hydrogen) atoms. The van der Waals surface area contributed by atoms with Crippen LogP contribution < -0.4 is 11.5 Å². The second-order valence-corrected chi connectivity index (χ2v) is 6.83. The number of aromatic nitrogens is 5. The van der Waals surface area contributed by atoms with E-state index in [-0.39, 0.29) is 5.95 Å². The van der Waals surface area contributed by atoms with Crippen molar-refractivity contribution in [3.05, 3.63) is 49.1 Å². The molecule has 3 heterocycles. The molecule has 0 saturated heterocycles. The highest BCUT2D eigenvalue weighted by Gasteiger charge is 2.08. The van der Waals surface area contributed by atoms with Gasteiger partial charge in [0.2, 0.25) is 5.95 Å². The summed E-state index contributed by atoms with van der Waals surface area (Å²) >= 11 is 0. The van der Waals surface area contributed by atoms with Gasteiger partial charge < -0.3 is 11.5 Å². The molecule has 1 aromatic carbocycles. The van der Waals surface area contributed by atoms with Gasteiger partial charge in [-0.15, -0.1) is 5.10 Å². The Bertz CT molecular complexity index is 1050. The second-order valence-electron chi connectivity index (χ2n) is 6.83. The van der Waals surface area contributed by atoms with Crippen molar-refractivity contribution in [2.24, 2.45) is 5.73 Å². The van der Waals surface area contributed by atoms with Gasteiger partial charge in [0, 0.05) is 30.2 Å². The predicted octanol–water partition coefficient (Wildman–Crippen LogP) is 3.20. The van der Waals surface area contributed by atoms with E-state index in [4.69, 9.17) is 11.5 Å². The van der Waals surface area contributed by atoms with Crippen LogP contribution in [0.5, 0.6) is 0 Å². The van der Waals surface area contributed by atoms with Crippen LogP contribution in [0.15, 0.2) is 49.1 Å². The van der Waals surface area contributed by atoms with Crippen LogP contribution in [-0.2, 0) is 0 Å². The molecule has 1 aliphatic rings. The highest BCUT2D eigenvalue weighted by atomic mass is 15.3. The molecule has 0 atom stereocenters. The Kier molecular flexibility index (Phi) is 4.93. The summed E-state index contributed by atoms with van der Waals surface area (Å²) in [5.41, 5.74) is 16.0. The van der Waals surface area contributed by atoms with Crippen molar-refractivity contribution in [2.45, 2.75) is 38.1 Å². The Morgan fingerprint density at radius 3 is 2.44 bits per heavy atom. The zero-order valence-electron chi connectivity index (χ0n) is 15.1. The maximum atomic E-state index is 5.63. The number of nitrogens with two attached hydrogens (primary N) is 2. The number of hydrogen-bond donors (Lipinski definition) is 2. The summed E-state index contributed by atoms with van der Waals surface area (Å²) in [7, 11) is 0. The Labute approximate surface area is 157 Å². The van der Waals surface area contributed by atoms with E-state index in [2.05, 4.69) is 20.1 Å². The van der Waals surface area contributed by atoms with Gasteiger partial charge in [-0.3, -0.25) is 9.97 Å². The van der Waals surface area contributed by atoms with Gasteiger partial charge in [-0.25, -0.2) is 9.50 Å². The van der Waals surface area contributed by atoms with Gasteiger partial charge in [-0.1, -0.05) is 25.3 Å². The summed E-state index contributed by atoms with van der Waals surface area (Å²) in [5.74, 6) is 0.254. The van der Waals surface area contributed by atoms with Crippen LogP contribution >= 0.6 is 0 Å². The molecule has 7 nitrogen and oxygen atoms in total. The lowest BCUT2D eigenvalue weighted by atomic mass is 9.97. The number of anilines is 1. The molecule has 4 N–H and O–H groups in total. The fourth-order valence-electron chi connectivity index (χ4n) is 3.42. The zero-order valence-corrected chi connectivity index (χ0v) is 15.1. The van der Waals surface area contributed by atoms with E-state index in [0.29, 0.717) is 6.04 Å². The van der Waals surface area contributed by atoms with Crippen molar-refractivity contribution in [3.8, 4) is 11.1 Å². The molecule has 0 spiro atoms. The van der Waals surface area contributed by atoms with Crippen molar-refractivity contribution in [1.29, 1.82) is 0 Å². The standard InChI is InChI=1S/C14H10N6.C6H13N/c15-14-18-8-13-10(3-6-20(13)19-14)9-1-2-11-12(7-9)17-5-4-16-11;7-6-4-2-1-3-5-6/h1-8H,(H2,15,19);6H,1-5,7H2. The van der Waals surface area contributed by atoms with Crippen LogP contribution in [0, 0.1) is 0 Å². The number of nitrogen functional groups attached to an aromatic ring is 1. The molecule has 5 rings (SSSR count). The minimum Gasteiger partial charge on any atom is -0.367 e. The van der Waals surface area contributed by atoms with Crippen LogP contribution in [0.2, 0.25) is 0 Å². The molecule has 1 saturated carbocycles. The number of benzene rings is 1. The first-order chi connectivity index (χ1) is 13.2. The zero-order chi connectivity index (χ0) is 18.6. The molecule has 0 radical (unpaired) electrons. The Hall–Kier alpha value is -3.06. The van der Waals surface area contributed by atoms with E-state index < -0.39 is 0 Å². The van der Waals surface area contributed by atoms with E-state index in [0.717, 1.165) is 27.7 Å². The third-order valence-electron chi connectivity index (χ3n) is 4.86. The van der Waals surface area contributed by atoms with Gasteiger partial charge in [0.15, 0.2) is 0 Å². The Morgan fingerprint density at radius 2 is 1.70 bits per heavy atom. The monoisotopic (exact) mass is 361 g/mol. The lowest BCUT2D eigenvalue weighted by Crippen LogP contribution is -2.22. The minimum absolute atomic E-state index is 0.254. The lowest BCUT2D eigenvalue weighted by Gasteiger charge is -2.15. The first kappa shape index (κ1) is 17.4. The van der Waals surface area contributed by atoms with Gasteiger partial charge >= 0.3 is 0 Å². The molecule has 1 aliphatic carbocycles.